The van der Waals surface area contributed by atoms with E-state index in [0.29, 0.717) is 31.7 Å². The summed E-state index contributed by atoms with van der Waals surface area (Å²) in [4.78, 5) is 20.0. The Labute approximate surface area is 152 Å². The van der Waals surface area contributed by atoms with Gasteiger partial charge in [-0.3, -0.25) is 9.69 Å². The summed E-state index contributed by atoms with van der Waals surface area (Å²) in [6.45, 7) is 2.67. The summed E-state index contributed by atoms with van der Waals surface area (Å²) in [5, 5.41) is 10.6. The number of amides is 1. The van der Waals surface area contributed by atoms with Crippen molar-refractivity contribution in [1.29, 1.82) is 5.26 Å². The summed E-state index contributed by atoms with van der Waals surface area (Å²) in [7, 11) is 0. The molecule has 1 aliphatic heterocycles. The molecule has 1 unspecified atom stereocenters. The highest BCUT2D eigenvalue weighted by Gasteiger charge is 2.27. The van der Waals surface area contributed by atoms with Crippen LogP contribution < -0.4 is 0 Å². The highest BCUT2D eigenvalue weighted by Crippen LogP contribution is 2.22. The van der Waals surface area contributed by atoms with Crippen molar-refractivity contribution in [3.63, 3.8) is 0 Å². The Hall–Kier alpha value is -3.10. The van der Waals surface area contributed by atoms with Crippen molar-refractivity contribution in [2.75, 3.05) is 26.2 Å². The molecule has 0 radical (unpaired) electrons. The van der Waals surface area contributed by atoms with E-state index < -0.39 is 0 Å². The van der Waals surface area contributed by atoms with Crippen LogP contribution in [0, 0.1) is 11.3 Å². The Bertz CT molecular complexity index is 949. The molecular weight excluding hydrogens is 324 g/mol. The van der Waals surface area contributed by atoms with Crippen LogP contribution in [-0.4, -0.2) is 46.9 Å². The van der Waals surface area contributed by atoms with Crippen molar-refractivity contribution in [3.8, 4) is 6.07 Å². The molecule has 3 aromatic rings. The van der Waals surface area contributed by atoms with E-state index in [2.05, 4.69) is 16.0 Å². The van der Waals surface area contributed by atoms with Crippen LogP contribution in [0.4, 0.5) is 0 Å². The minimum absolute atomic E-state index is 0.0565. The highest BCUT2D eigenvalue weighted by molar-refractivity contribution is 5.98. The third-order valence-corrected chi connectivity index (χ3v) is 5.00. The summed E-state index contributed by atoms with van der Waals surface area (Å²) in [6.07, 6.45) is 1.88. The average molecular weight is 344 g/mol. The first kappa shape index (κ1) is 16.4. The number of hydrogen-bond acceptors (Lipinski definition) is 3. The van der Waals surface area contributed by atoms with Crippen molar-refractivity contribution in [1.82, 2.24) is 14.8 Å². The van der Waals surface area contributed by atoms with Crippen molar-refractivity contribution in [2.45, 2.75) is 6.04 Å². The number of piperazine rings is 1. The first-order chi connectivity index (χ1) is 12.8. The molecule has 0 aliphatic carbocycles. The molecule has 0 bridgehead atoms. The number of carbonyl (C=O) groups is 1. The normalized spacial score (nSPS) is 16.3. The molecule has 4 rings (SSSR count). The Balaban J connectivity index is 1.44. The summed E-state index contributed by atoms with van der Waals surface area (Å²) in [6, 6.07) is 19.7. The number of hydrogen-bond donors (Lipinski definition) is 1. The van der Waals surface area contributed by atoms with Crippen molar-refractivity contribution in [2.24, 2.45) is 0 Å². The van der Waals surface area contributed by atoms with Gasteiger partial charge in [0, 0.05) is 48.8 Å². The number of carbonyl (C=O) groups excluding carboxylic acids is 1. The zero-order valence-electron chi connectivity index (χ0n) is 14.4. The molecule has 5 nitrogen and oxygen atoms in total. The quantitative estimate of drug-likeness (QED) is 0.794. The monoisotopic (exact) mass is 344 g/mol. The zero-order chi connectivity index (χ0) is 17.9. The second kappa shape index (κ2) is 7.03. The molecule has 130 valence electrons. The molecule has 2 aromatic carbocycles. The molecule has 2 heterocycles. The molecule has 1 amide bonds. The van der Waals surface area contributed by atoms with E-state index in [9.17, 15) is 10.1 Å². The highest BCUT2D eigenvalue weighted by atomic mass is 16.2. The van der Waals surface area contributed by atoms with Crippen LogP contribution in [-0.2, 0) is 0 Å². The molecular formula is C21H20N4O. The number of rotatable bonds is 3. The fraction of sp³-hybridized carbons (Fsp3) is 0.238. The number of fused-ring (bicyclic) bond motifs is 1. The number of aromatic nitrogens is 1. The molecule has 5 heteroatoms. The van der Waals surface area contributed by atoms with Gasteiger partial charge in [0.15, 0.2) is 0 Å². The van der Waals surface area contributed by atoms with Gasteiger partial charge < -0.3 is 9.88 Å². The fourth-order valence-corrected chi connectivity index (χ4v) is 3.55. The molecule has 1 aromatic heterocycles. The zero-order valence-corrected chi connectivity index (χ0v) is 14.4. The minimum Gasteiger partial charge on any atom is -0.361 e. The van der Waals surface area contributed by atoms with Crippen LogP contribution in [0.2, 0.25) is 0 Å². The summed E-state index contributed by atoms with van der Waals surface area (Å²) < 4.78 is 0. The molecule has 0 saturated carbocycles. The van der Waals surface area contributed by atoms with Crippen molar-refractivity contribution in [3.05, 3.63) is 71.9 Å². The topological polar surface area (TPSA) is 63.1 Å². The van der Waals surface area contributed by atoms with Gasteiger partial charge in [-0.1, -0.05) is 30.3 Å². The predicted molar refractivity (Wildman–Crippen MR) is 101 cm³/mol. The van der Waals surface area contributed by atoms with Crippen LogP contribution in [0.1, 0.15) is 22.0 Å². The van der Waals surface area contributed by atoms with Gasteiger partial charge in [-0.05, 0) is 29.8 Å². The molecule has 1 saturated heterocycles. The van der Waals surface area contributed by atoms with Gasteiger partial charge >= 0.3 is 0 Å². The second-order valence-corrected chi connectivity index (χ2v) is 6.55. The van der Waals surface area contributed by atoms with Gasteiger partial charge in [0.05, 0.1) is 6.07 Å². The first-order valence-corrected chi connectivity index (χ1v) is 8.81. The van der Waals surface area contributed by atoms with Crippen LogP contribution in [0.15, 0.2) is 60.8 Å². The third kappa shape index (κ3) is 3.07. The molecule has 1 N–H and O–H groups in total. The summed E-state index contributed by atoms with van der Waals surface area (Å²) in [5.41, 5.74) is 2.75. The number of nitrogens with zero attached hydrogens (tertiary/aromatic N) is 3. The van der Waals surface area contributed by atoms with E-state index >= 15 is 0 Å². The fourth-order valence-electron chi connectivity index (χ4n) is 3.55. The number of nitriles is 1. The van der Waals surface area contributed by atoms with E-state index in [1.54, 1.807) is 0 Å². The smallest absolute Gasteiger partial charge is 0.253 e. The van der Waals surface area contributed by atoms with Crippen LogP contribution in [0.5, 0.6) is 0 Å². The lowest BCUT2D eigenvalue weighted by atomic mass is 10.1. The van der Waals surface area contributed by atoms with E-state index in [1.807, 2.05) is 65.7 Å². The maximum Gasteiger partial charge on any atom is 0.253 e. The first-order valence-electron chi connectivity index (χ1n) is 8.81. The molecule has 1 atom stereocenters. The SMILES string of the molecule is N#CC(c1ccccc1)N1CCN(C(=O)c2ccc3[nH]ccc3c2)CC1. The molecule has 1 fully saturated rings. The van der Waals surface area contributed by atoms with E-state index in [0.717, 1.165) is 16.5 Å². The van der Waals surface area contributed by atoms with E-state index in [4.69, 9.17) is 0 Å². The lowest BCUT2D eigenvalue weighted by Gasteiger charge is -2.37. The Kier molecular flexibility index (Phi) is 4.42. The van der Waals surface area contributed by atoms with Crippen LogP contribution >= 0.6 is 0 Å². The predicted octanol–water partition coefficient (Wildman–Crippen LogP) is 3.19. The van der Waals surface area contributed by atoms with Crippen LogP contribution in [0.25, 0.3) is 10.9 Å². The van der Waals surface area contributed by atoms with E-state index in [-0.39, 0.29) is 11.9 Å². The van der Waals surface area contributed by atoms with Gasteiger partial charge in [0.2, 0.25) is 0 Å². The standard InChI is InChI=1S/C21H20N4O/c22-15-20(16-4-2-1-3-5-16)24-10-12-25(13-11-24)21(26)18-6-7-19-17(14-18)8-9-23-19/h1-9,14,20,23H,10-13H2. The lowest BCUT2D eigenvalue weighted by Crippen LogP contribution is -2.49. The Morgan fingerprint density at radius 2 is 1.81 bits per heavy atom. The number of benzene rings is 2. The summed E-state index contributed by atoms with van der Waals surface area (Å²) in [5.74, 6) is 0.0565. The second-order valence-electron chi connectivity index (χ2n) is 6.55. The summed E-state index contributed by atoms with van der Waals surface area (Å²) >= 11 is 0. The lowest BCUT2D eigenvalue weighted by molar-refractivity contribution is 0.0606. The minimum atomic E-state index is -0.260. The number of aromatic amines is 1. The van der Waals surface area contributed by atoms with Gasteiger partial charge in [0.25, 0.3) is 5.91 Å². The van der Waals surface area contributed by atoms with Crippen molar-refractivity contribution < 1.29 is 4.79 Å². The number of H-pyrrole nitrogens is 1. The van der Waals surface area contributed by atoms with Gasteiger partial charge in [-0.15, -0.1) is 0 Å². The Morgan fingerprint density at radius 1 is 1.04 bits per heavy atom. The Morgan fingerprint density at radius 3 is 2.54 bits per heavy atom. The van der Waals surface area contributed by atoms with Gasteiger partial charge in [0.1, 0.15) is 6.04 Å². The molecule has 26 heavy (non-hydrogen) atoms. The van der Waals surface area contributed by atoms with Crippen molar-refractivity contribution >= 4 is 16.8 Å². The number of nitrogens with one attached hydrogen (secondary N) is 1. The largest absolute Gasteiger partial charge is 0.361 e. The van der Waals surface area contributed by atoms with E-state index in [1.165, 1.54) is 0 Å². The van der Waals surface area contributed by atoms with Gasteiger partial charge in [-0.2, -0.15) is 5.26 Å². The molecule has 1 aliphatic rings. The average Bonchev–Trinajstić information content (AvgIpc) is 3.17. The maximum atomic E-state index is 12.8. The molecule has 0 spiro atoms. The maximum absolute atomic E-state index is 12.8. The third-order valence-electron chi connectivity index (χ3n) is 5.00. The van der Waals surface area contributed by atoms with Gasteiger partial charge in [-0.25, -0.2) is 0 Å². The van der Waals surface area contributed by atoms with Crippen LogP contribution in [0.3, 0.4) is 0 Å².